The minimum atomic E-state index is -1.48. The zero-order valence-corrected chi connectivity index (χ0v) is 21.4. The number of hydrogen-bond acceptors (Lipinski definition) is 7. The molecule has 0 bridgehead atoms. The summed E-state index contributed by atoms with van der Waals surface area (Å²) in [6.07, 6.45) is -1.41. The minimum Gasteiger partial charge on any atom is -0.358 e. The van der Waals surface area contributed by atoms with Crippen LogP contribution in [0.15, 0.2) is 42.5 Å². The Hall–Kier alpha value is -3.54. The first-order valence-electron chi connectivity index (χ1n) is 12.2. The molecule has 200 valence electrons. The van der Waals surface area contributed by atoms with Crippen molar-refractivity contribution in [2.24, 2.45) is 5.92 Å². The van der Waals surface area contributed by atoms with E-state index in [0.717, 1.165) is 29.4 Å². The monoisotopic (exact) mass is 513 g/mol. The first-order chi connectivity index (χ1) is 17.7. The van der Waals surface area contributed by atoms with Crippen LogP contribution in [0.25, 0.3) is 10.8 Å². The van der Waals surface area contributed by atoms with Crippen LogP contribution in [0.1, 0.15) is 12.5 Å². The SMILES string of the molecule is CNC(=O)[C@H](C)NC(=O)[C@H](Cc1ccc2ccccc2c1)[C@H](OCC(=O)N1CCN(C)CC1)C(=O)NO. The smallest absolute Gasteiger partial charge is 0.273 e. The fourth-order valence-corrected chi connectivity index (χ4v) is 4.31. The number of nitrogens with one attached hydrogen (secondary N) is 3. The summed E-state index contributed by atoms with van der Waals surface area (Å²) < 4.78 is 5.71. The van der Waals surface area contributed by atoms with Crippen LogP contribution in [-0.2, 0) is 30.3 Å². The lowest BCUT2D eigenvalue weighted by Gasteiger charge is -2.33. The molecule has 0 saturated carbocycles. The second kappa shape index (κ2) is 13.1. The maximum atomic E-state index is 13.4. The van der Waals surface area contributed by atoms with Crippen molar-refractivity contribution in [3.63, 3.8) is 0 Å². The topological polar surface area (TPSA) is 140 Å². The van der Waals surface area contributed by atoms with Gasteiger partial charge in [-0.05, 0) is 36.7 Å². The number of amides is 4. The second-order valence-electron chi connectivity index (χ2n) is 9.23. The maximum absolute atomic E-state index is 13.4. The number of fused-ring (bicyclic) bond motifs is 1. The number of piperazine rings is 1. The Morgan fingerprint density at radius 1 is 0.973 bits per heavy atom. The van der Waals surface area contributed by atoms with E-state index in [2.05, 4.69) is 15.5 Å². The summed E-state index contributed by atoms with van der Waals surface area (Å²) >= 11 is 0. The third-order valence-corrected chi connectivity index (χ3v) is 6.58. The predicted molar refractivity (Wildman–Crippen MR) is 137 cm³/mol. The minimum absolute atomic E-state index is 0.0674. The highest BCUT2D eigenvalue weighted by Gasteiger charge is 2.37. The number of hydroxylamine groups is 1. The fraction of sp³-hybridized carbons (Fsp3) is 0.462. The average molecular weight is 514 g/mol. The van der Waals surface area contributed by atoms with Crippen molar-refractivity contribution in [1.82, 2.24) is 25.9 Å². The number of ether oxygens (including phenoxy) is 1. The molecule has 3 atom stereocenters. The summed E-state index contributed by atoms with van der Waals surface area (Å²) in [6.45, 7) is 3.57. The van der Waals surface area contributed by atoms with Gasteiger partial charge >= 0.3 is 0 Å². The third kappa shape index (κ3) is 7.48. The Balaban J connectivity index is 1.84. The largest absolute Gasteiger partial charge is 0.358 e. The van der Waals surface area contributed by atoms with Crippen molar-refractivity contribution in [2.45, 2.75) is 25.5 Å². The molecule has 2 aromatic rings. The van der Waals surface area contributed by atoms with Crippen LogP contribution < -0.4 is 16.1 Å². The zero-order valence-electron chi connectivity index (χ0n) is 21.4. The molecule has 0 aliphatic carbocycles. The summed E-state index contributed by atoms with van der Waals surface area (Å²) in [6, 6.07) is 12.5. The molecule has 4 N–H and O–H groups in total. The van der Waals surface area contributed by atoms with E-state index in [4.69, 9.17) is 4.74 Å². The van der Waals surface area contributed by atoms with Crippen molar-refractivity contribution in [3.8, 4) is 0 Å². The number of likely N-dealkylation sites (N-methyl/N-ethyl adjacent to an activating group) is 2. The molecule has 1 heterocycles. The van der Waals surface area contributed by atoms with E-state index in [1.54, 1.807) is 10.4 Å². The molecule has 11 nitrogen and oxygen atoms in total. The van der Waals surface area contributed by atoms with Gasteiger partial charge in [0.1, 0.15) is 12.6 Å². The Morgan fingerprint density at radius 2 is 1.65 bits per heavy atom. The van der Waals surface area contributed by atoms with Gasteiger partial charge < -0.3 is 25.2 Å². The molecule has 2 aromatic carbocycles. The molecule has 0 radical (unpaired) electrons. The molecule has 1 aliphatic heterocycles. The number of carbonyl (C=O) groups is 4. The first kappa shape index (κ1) is 28.0. The van der Waals surface area contributed by atoms with Crippen molar-refractivity contribution in [2.75, 3.05) is 46.9 Å². The van der Waals surface area contributed by atoms with Gasteiger partial charge in [-0.25, -0.2) is 5.48 Å². The number of benzene rings is 2. The van der Waals surface area contributed by atoms with Gasteiger partial charge in [0.15, 0.2) is 6.10 Å². The fourth-order valence-electron chi connectivity index (χ4n) is 4.31. The molecule has 37 heavy (non-hydrogen) atoms. The van der Waals surface area contributed by atoms with Crippen molar-refractivity contribution >= 4 is 34.4 Å². The van der Waals surface area contributed by atoms with Gasteiger partial charge in [-0.15, -0.1) is 0 Å². The normalized spacial score (nSPS) is 16.5. The molecular weight excluding hydrogens is 478 g/mol. The van der Waals surface area contributed by atoms with E-state index in [1.165, 1.54) is 14.0 Å². The van der Waals surface area contributed by atoms with Gasteiger partial charge in [-0.3, -0.25) is 24.4 Å². The molecule has 0 aromatic heterocycles. The van der Waals surface area contributed by atoms with Gasteiger partial charge in [0.2, 0.25) is 17.7 Å². The number of carbonyl (C=O) groups excluding carboxylic acids is 4. The molecule has 11 heteroatoms. The summed E-state index contributed by atoms with van der Waals surface area (Å²) in [5.41, 5.74) is 2.30. The Bertz CT molecular complexity index is 1120. The second-order valence-corrected chi connectivity index (χ2v) is 9.23. The van der Waals surface area contributed by atoms with E-state index >= 15 is 0 Å². The Morgan fingerprint density at radius 3 is 2.30 bits per heavy atom. The van der Waals surface area contributed by atoms with E-state index < -0.39 is 42.4 Å². The van der Waals surface area contributed by atoms with Crippen LogP contribution in [0.5, 0.6) is 0 Å². The van der Waals surface area contributed by atoms with Crippen LogP contribution in [0.4, 0.5) is 0 Å². The molecule has 3 rings (SSSR count). The number of rotatable bonds is 10. The molecular formula is C26H35N5O6. The summed E-state index contributed by atoms with van der Waals surface area (Å²) in [4.78, 5) is 54.6. The van der Waals surface area contributed by atoms with Crippen LogP contribution in [-0.4, -0.2) is 97.7 Å². The lowest BCUT2D eigenvalue weighted by molar-refractivity contribution is -0.156. The summed E-state index contributed by atoms with van der Waals surface area (Å²) in [7, 11) is 3.42. The van der Waals surface area contributed by atoms with Gasteiger partial charge in [0.05, 0.1) is 5.92 Å². The Kier molecular flexibility index (Phi) is 9.95. The highest BCUT2D eigenvalue weighted by molar-refractivity contribution is 5.92. The van der Waals surface area contributed by atoms with E-state index in [-0.39, 0.29) is 12.3 Å². The molecule has 0 spiro atoms. The van der Waals surface area contributed by atoms with Crippen molar-refractivity contribution in [3.05, 3.63) is 48.0 Å². The number of nitrogens with zero attached hydrogens (tertiary/aromatic N) is 2. The number of hydrogen-bond donors (Lipinski definition) is 4. The summed E-state index contributed by atoms with van der Waals surface area (Å²) in [5, 5.41) is 16.5. The lowest BCUT2D eigenvalue weighted by Crippen LogP contribution is -2.53. The highest BCUT2D eigenvalue weighted by Crippen LogP contribution is 2.21. The van der Waals surface area contributed by atoms with E-state index in [0.29, 0.717) is 13.1 Å². The molecule has 0 unspecified atom stereocenters. The van der Waals surface area contributed by atoms with Crippen molar-refractivity contribution < 1.29 is 29.1 Å². The maximum Gasteiger partial charge on any atom is 0.273 e. The molecule has 4 amide bonds. The predicted octanol–water partition coefficient (Wildman–Crippen LogP) is -0.0862. The molecule has 1 fully saturated rings. The molecule has 1 aliphatic rings. The molecule has 1 saturated heterocycles. The van der Waals surface area contributed by atoms with Crippen LogP contribution in [0.3, 0.4) is 0 Å². The van der Waals surface area contributed by atoms with Gasteiger partial charge in [0, 0.05) is 33.2 Å². The third-order valence-electron chi connectivity index (χ3n) is 6.58. The van der Waals surface area contributed by atoms with E-state index in [9.17, 15) is 24.4 Å². The average Bonchev–Trinajstić information content (AvgIpc) is 2.91. The van der Waals surface area contributed by atoms with E-state index in [1.807, 2.05) is 49.5 Å². The lowest BCUT2D eigenvalue weighted by atomic mass is 9.91. The highest BCUT2D eigenvalue weighted by atomic mass is 16.5. The van der Waals surface area contributed by atoms with Crippen LogP contribution in [0.2, 0.25) is 0 Å². The standard InChI is InChI=1S/C26H35N5O6/c1-17(24(33)27-2)28-25(34)21(15-18-8-9-19-6-4-5-7-20(19)14-18)23(26(35)29-36)37-16-22(32)31-12-10-30(3)11-13-31/h4-9,14,17,21,23,36H,10-13,15-16H2,1-3H3,(H,27,33)(H,28,34)(H,29,35)/t17-,21+,23-/m0/s1. The first-order valence-corrected chi connectivity index (χ1v) is 12.2. The Labute approximate surface area is 216 Å². The van der Waals surface area contributed by atoms with Gasteiger partial charge in [-0.2, -0.15) is 0 Å². The van der Waals surface area contributed by atoms with Gasteiger partial charge in [-0.1, -0.05) is 42.5 Å². The van der Waals surface area contributed by atoms with Crippen LogP contribution in [0, 0.1) is 5.92 Å². The zero-order chi connectivity index (χ0) is 26.9. The van der Waals surface area contributed by atoms with Crippen LogP contribution >= 0.6 is 0 Å². The van der Waals surface area contributed by atoms with Crippen molar-refractivity contribution in [1.29, 1.82) is 0 Å². The summed E-state index contributed by atoms with van der Waals surface area (Å²) in [5.74, 6) is -3.44. The quantitative estimate of drug-likeness (QED) is 0.257. The van der Waals surface area contributed by atoms with Gasteiger partial charge in [0.25, 0.3) is 5.91 Å².